The Hall–Kier alpha value is -3.31. The molecule has 4 heterocycles. The molecule has 1 aromatic carbocycles. The second kappa shape index (κ2) is 9.77. The molecule has 0 aromatic heterocycles. The summed E-state index contributed by atoms with van der Waals surface area (Å²) in [6.07, 6.45) is 4.44. The number of hydrogen-bond donors (Lipinski definition) is 2. The zero-order chi connectivity index (χ0) is 26.4. The molecule has 0 bridgehead atoms. The van der Waals surface area contributed by atoms with Gasteiger partial charge in [0.2, 0.25) is 18.2 Å². The van der Waals surface area contributed by atoms with Gasteiger partial charge >= 0.3 is 0 Å². The first-order valence-electron chi connectivity index (χ1n) is 13.6. The van der Waals surface area contributed by atoms with Crippen molar-refractivity contribution in [3.8, 4) is 0 Å². The number of carbonyl (C=O) groups is 5. The average Bonchev–Trinajstić information content (AvgIpc) is 3.11. The minimum Gasteiger partial charge on any atom is -0.369 e. The summed E-state index contributed by atoms with van der Waals surface area (Å²) in [7, 11) is 0. The van der Waals surface area contributed by atoms with E-state index in [2.05, 4.69) is 25.3 Å². The lowest BCUT2D eigenvalue weighted by Crippen LogP contribution is -2.66. The summed E-state index contributed by atoms with van der Waals surface area (Å²) in [5.41, 5.74) is 2.00. The van der Waals surface area contributed by atoms with Gasteiger partial charge in [0.05, 0.1) is 11.1 Å². The molecule has 1 saturated carbocycles. The minimum absolute atomic E-state index is 0.110. The number of fused-ring (bicyclic) bond motifs is 1. The molecule has 2 N–H and O–H groups in total. The molecule has 38 heavy (non-hydrogen) atoms. The van der Waals surface area contributed by atoms with Crippen LogP contribution in [0.4, 0.5) is 5.69 Å². The average molecular weight is 523 g/mol. The highest BCUT2D eigenvalue weighted by Gasteiger charge is 2.51. The number of amides is 5. The van der Waals surface area contributed by atoms with Crippen LogP contribution < -0.4 is 15.5 Å². The summed E-state index contributed by atoms with van der Waals surface area (Å²) in [6.45, 7) is 8.04. The van der Waals surface area contributed by atoms with E-state index in [9.17, 15) is 24.0 Å². The maximum absolute atomic E-state index is 13.1. The number of imide groups is 2. The van der Waals surface area contributed by atoms with E-state index in [0.29, 0.717) is 22.6 Å². The highest BCUT2D eigenvalue weighted by atomic mass is 16.2. The van der Waals surface area contributed by atoms with Crippen LogP contribution in [0.2, 0.25) is 0 Å². The van der Waals surface area contributed by atoms with E-state index < -0.39 is 23.8 Å². The van der Waals surface area contributed by atoms with Gasteiger partial charge in [-0.15, -0.1) is 0 Å². The number of piperidine rings is 1. The molecule has 1 atom stereocenters. The van der Waals surface area contributed by atoms with E-state index in [4.69, 9.17) is 0 Å². The van der Waals surface area contributed by atoms with Crippen LogP contribution in [0.5, 0.6) is 0 Å². The summed E-state index contributed by atoms with van der Waals surface area (Å²) in [5.74, 6) is -1.91. The summed E-state index contributed by atoms with van der Waals surface area (Å²) >= 11 is 0. The Bertz CT molecular complexity index is 1160. The molecule has 4 fully saturated rings. The van der Waals surface area contributed by atoms with Crippen molar-refractivity contribution in [3.63, 3.8) is 0 Å². The number of carbonyl (C=O) groups excluding carboxylic acids is 5. The van der Waals surface area contributed by atoms with Crippen molar-refractivity contribution in [3.05, 3.63) is 29.3 Å². The molecule has 11 nitrogen and oxygen atoms in total. The van der Waals surface area contributed by atoms with Crippen LogP contribution in [0.3, 0.4) is 0 Å². The van der Waals surface area contributed by atoms with Crippen LogP contribution >= 0.6 is 0 Å². The third-order valence-electron chi connectivity index (χ3n) is 8.89. The minimum atomic E-state index is -0.945. The Morgan fingerprint density at radius 1 is 0.947 bits per heavy atom. The van der Waals surface area contributed by atoms with Gasteiger partial charge in [-0.3, -0.25) is 39.1 Å². The van der Waals surface area contributed by atoms with Gasteiger partial charge in [0.1, 0.15) is 6.04 Å². The van der Waals surface area contributed by atoms with E-state index in [1.807, 2.05) is 6.07 Å². The highest BCUT2D eigenvalue weighted by molar-refractivity contribution is 6.23. The molecular formula is C27H34N6O5. The van der Waals surface area contributed by atoms with E-state index in [-0.39, 0.29) is 18.7 Å². The van der Waals surface area contributed by atoms with E-state index in [0.717, 1.165) is 88.6 Å². The number of nitrogens with zero attached hydrogens (tertiary/aromatic N) is 4. The van der Waals surface area contributed by atoms with Gasteiger partial charge in [0.15, 0.2) is 0 Å². The predicted octanol–water partition coefficient (Wildman–Crippen LogP) is -0.190. The van der Waals surface area contributed by atoms with Gasteiger partial charge in [-0.2, -0.15) is 0 Å². The zero-order valence-corrected chi connectivity index (χ0v) is 21.5. The molecule has 202 valence electrons. The molecule has 0 radical (unpaired) electrons. The molecule has 1 aliphatic carbocycles. The van der Waals surface area contributed by atoms with Gasteiger partial charge < -0.3 is 15.1 Å². The maximum Gasteiger partial charge on any atom is 0.262 e. The maximum atomic E-state index is 13.1. The predicted molar refractivity (Wildman–Crippen MR) is 137 cm³/mol. The fourth-order valence-electron chi connectivity index (χ4n) is 6.92. The lowest BCUT2D eigenvalue weighted by atomic mass is 9.60. The molecule has 3 saturated heterocycles. The van der Waals surface area contributed by atoms with Crippen LogP contribution in [-0.2, 0) is 14.4 Å². The van der Waals surface area contributed by atoms with E-state index in [1.54, 1.807) is 12.1 Å². The van der Waals surface area contributed by atoms with Gasteiger partial charge in [-0.1, -0.05) is 0 Å². The fourth-order valence-corrected chi connectivity index (χ4v) is 6.92. The second-order valence-electron chi connectivity index (χ2n) is 11.5. The molecular weight excluding hydrogens is 488 g/mol. The van der Waals surface area contributed by atoms with Crippen molar-refractivity contribution >= 4 is 35.7 Å². The normalized spacial score (nSPS) is 25.7. The number of piperazine rings is 1. The van der Waals surface area contributed by atoms with Crippen molar-refractivity contribution in [2.24, 2.45) is 5.41 Å². The number of likely N-dealkylation sites (tertiary alicyclic amines) is 1. The number of anilines is 1. The zero-order valence-electron chi connectivity index (χ0n) is 21.5. The first kappa shape index (κ1) is 25.0. The van der Waals surface area contributed by atoms with Crippen LogP contribution in [-0.4, -0.2) is 109 Å². The smallest absolute Gasteiger partial charge is 0.262 e. The molecule has 5 aliphatic rings. The van der Waals surface area contributed by atoms with E-state index in [1.165, 1.54) is 0 Å². The first-order valence-corrected chi connectivity index (χ1v) is 13.6. The number of benzene rings is 1. The lowest BCUT2D eigenvalue weighted by Gasteiger charge is -2.59. The molecule has 5 amide bonds. The van der Waals surface area contributed by atoms with Crippen molar-refractivity contribution in [2.45, 2.75) is 44.2 Å². The molecule has 1 spiro atoms. The van der Waals surface area contributed by atoms with Crippen molar-refractivity contribution in [1.82, 2.24) is 25.3 Å². The molecule has 6 rings (SSSR count). The Morgan fingerprint density at radius 2 is 1.66 bits per heavy atom. The first-order chi connectivity index (χ1) is 18.4. The quantitative estimate of drug-likeness (QED) is 0.356. The number of hydrogen-bond acceptors (Lipinski definition) is 8. The highest BCUT2D eigenvalue weighted by Crippen LogP contribution is 2.48. The SMILES string of the molecule is O=CNC1CC2(C1)CN(CCCN1CCN(c3ccc4c(c3)C(=O)N(C3CCC(=O)NC3=O)C4=O)CC1)C2. The van der Waals surface area contributed by atoms with Gasteiger partial charge in [-0.05, 0) is 62.4 Å². The van der Waals surface area contributed by atoms with Crippen LogP contribution in [0.15, 0.2) is 18.2 Å². The van der Waals surface area contributed by atoms with Crippen molar-refractivity contribution in [1.29, 1.82) is 0 Å². The second-order valence-corrected chi connectivity index (χ2v) is 11.5. The summed E-state index contributed by atoms with van der Waals surface area (Å²) in [5, 5.41) is 5.12. The lowest BCUT2D eigenvalue weighted by molar-refractivity contribution is -0.136. The van der Waals surface area contributed by atoms with Gasteiger partial charge in [-0.25, -0.2) is 0 Å². The summed E-state index contributed by atoms with van der Waals surface area (Å²) in [4.78, 5) is 68.6. The third-order valence-corrected chi connectivity index (χ3v) is 8.89. The third kappa shape index (κ3) is 4.47. The standard InChI is InChI=1S/C27H34N6O5/c34-17-28-18-13-27(14-18)15-31(16-27)7-1-6-30-8-10-32(11-9-30)19-2-3-20-21(12-19)26(38)33(25(20)37)22-4-5-23(35)29-24(22)36/h2-3,12,17-18,22H,1,4-11,13-16H2,(H,28,34)(H,29,35,36). The largest absolute Gasteiger partial charge is 0.369 e. The number of nitrogens with one attached hydrogen (secondary N) is 2. The van der Waals surface area contributed by atoms with Crippen molar-refractivity contribution in [2.75, 3.05) is 57.3 Å². The van der Waals surface area contributed by atoms with Crippen LogP contribution in [0, 0.1) is 5.41 Å². The Labute approximate surface area is 221 Å². The summed E-state index contributed by atoms with van der Waals surface area (Å²) in [6, 6.07) is 4.76. The van der Waals surface area contributed by atoms with Gasteiger partial charge in [0, 0.05) is 57.4 Å². The molecule has 11 heteroatoms. The Kier molecular flexibility index (Phi) is 6.43. The summed E-state index contributed by atoms with van der Waals surface area (Å²) < 4.78 is 0. The number of rotatable bonds is 8. The van der Waals surface area contributed by atoms with Crippen LogP contribution in [0.1, 0.15) is 52.8 Å². The molecule has 1 unspecified atom stereocenters. The monoisotopic (exact) mass is 522 g/mol. The van der Waals surface area contributed by atoms with E-state index >= 15 is 0 Å². The molecule has 4 aliphatic heterocycles. The Morgan fingerprint density at radius 3 is 2.37 bits per heavy atom. The fraction of sp³-hybridized carbons (Fsp3) is 0.593. The molecule has 1 aromatic rings. The Balaban J connectivity index is 0.969. The topological polar surface area (TPSA) is 122 Å². The van der Waals surface area contributed by atoms with Gasteiger partial charge in [0.25, 0.3) is 11.8 Å². The van der Waals surface area contributed by atoms with Crippen molar-refractivity contribution < 1.29 is 24.0 Å². The van der Waals surface area contributed by atoms with Crippen LogP contribution in [0.25, 0.3) is 0 Å².